The van der Waals surface area contributed by atoms with Crippen LogP contribution in [0.1, 0.15) is 33.1 Å². The van der Waals surface area contributed by atoms with E-state index in [1.165, 1.54) is 0 Å². The molecular formula is C7H13NO2. The van der Waals surface area contributed by atoms with Crippen LogP contribution in [0.4, 0.5) is 0 Å². The molecule has 3 nitrogen and oxygen atoms in total. The number of Topliss-reactive ketones (excluding diaryl/α,β-unsaturated/α-hetero) is 1. The monoisotopic (exact) mass is 143 g/mol. The van der Waals surface area contributed by atoms with Crippen LogP contribution >= 0.6 is 0 Å². The minimum Gasteiger partial charge on any atom is -0.411 e. The summed E-state index contributed by atoms with van der Waals surface area (Å²) in [5.74, 6) is 0.186. The Labute approximate surface area is 60.7 Å². The molecule has 0 aromatic carbocycles. The molecule has 0 atom stereocenters. The highest BCUT2D eigenvalue weighted by atomic mass is 16.4. The van der Waals surface area contributed by atoms with Crippen LogP contribution in [0.15, 0.2) is 5.16 Å². The van der Waals surface area contributed by atoms with E-state index in [1.807, 2.05) is 0 Å². The Morgan fingerprint density at radius 2 is 2.00 bits per heavy atom. The van der Waals surface area contributed by atoms with Crippen LogP contribution in [0, 0.1) is 0 Å². The molecule has 58 valence electrons. The summed E-state index contributed by atoms with van der Waals surface area (Å²) in [6.07, 6.45) is 2.06. The number of oxime groups is 1. The van der Waals surface area contributed by atoms with E-state index in [2.05, 4.69) is 5.16 Å². The largest absolute Gasteiger partial charge is 0.411 e. The van der Waals surface area contributed by atoms with E-state index in [0.29, 0.717) is 18.6 Å². The smallest absolute Gasteiger partial charge is 0.129 e. The fraction of sp³-hybridized carbons (Fsp3) is 0.714. The van der Waals surface area contributed by atoms with Crippen molar-refractivity contribution in [2.24, 2.45) is 5.16 Å². The molecule has 0 aromatic heterocycles. The molecule has 0 aliphatic carbocycles. The molecule has 0 spiro atoms. The molecule has 3 heteroatoms. The molecule has 0 fully saturated rings. The van der Waals surface area contributed by atoms with Gasteiger partial charge in [-0.15, -0.1) is 0 Å². The molecule has 0 heterocycles. The maximum Gasteiger partial charge on any atom is 0.129 e. The summed E-state index contributed by atoms with van der Waals surface area (Å²) in [7, 11) is 0. The third-order valence-corrected chi connectivity index (χ3v) is 1.24. The number of nitrogens with zero attached hydrogens (tertiary/aromatic N) is 1. The molecule has 0 amide bonds. The van der Waals surface area contributed by atoms with Crippen molar-refractivity contribution in [1.29, 1.82) is 0 Å². The lowest BCUT2D eigenvalue weighted by atomic mass is 10.1. The standard InChI is InChI=1S/C7H13NO2/c1-6(8-10)4-3-5-7(2)9/h10H,3-5H2,1-2H3. The van der Waals surface area contributed by atoms with Gasteiger partial charge in [-0.25, -0.2) is 0 Å². The highest BCUT2D eigenvalue weighted by Gasteiger charge is 1.95. The first-order valence-corrected chi connectivity index (χ1v) is 3.33. The molecule has 0 saturated carbocycles. The lowest BCUT2D eigenvalue weighted by Gasteiger charge is -1.94. The highest BCUT2D eigenvalue weighted by Crippen LogP contribution is 1.97. The van der Waals surface area contributed by atoms with E-state index in [9.17, 15) is 4.79 Å². The van der Waals surface area contributed by atoms with Crippen LogP contribution in [0.25, 0.3) is 0 Å². The number of carbonyl (C=O) groups excluding carboxylic acids is 1. The van der Waals surface area contributed by atoms with E-state index in [1.54, 1.807) is 13.8 Å². The highest BCUT2D eigenvalue weighted by molar-refractivity contribution is 5.82. The Balaban J connectivity index is 3.29. The zero-order valence-corrected chi connectivity index (χ0v) is 6.42. The topological polar surface area (TPSA) is 49.7 Å². The van der Waals surface area contributed by atoms with Gasteiger partial charge in [-0.2, -0.15) is 0 Å². The van der Waals surface area contributed by atoms with E-state index in [0.717, 1.165) is 6.42 Å². The first kappa shape index (κ1) is 9.14. The van der Waals surface area contributed by atoms with Crippen LogP contribution in [-0.4, -0.2) is 16.7 Å². The molecule has 0 aliphatic rings. The number of hydrogen-bond donors (Lipinski definition) is 1. The fourth-order valence-corrected chi connectivity index (χ4v) is 0.643. The second-order valence-electron chi connectivity index (χ2n) is 2.39. The average molecular weight is 143 g/mol. The Bertz CT molecular complexity index is 141. The van der Waals surface area contributed by atoms with Crippen molar-refractivity contribution in [2.45, 2.75) is 33.1 Å². The Morgan fingerprint density at radius 3 is 2.40 bits per heavy atom. The minimum atomic E-state index is 0.186. The van der Waals surface area contributed by atoms with Gasteiger partial charge < -0.3 is 10.0 Å². The van der Waals surface area contributed by atoms with Crippen molar-refractivity contribution in [3.05, 3.63) is 0 Å². The van der Waals surface area contributed by atoms with Gasteiger partial charge in [0.05, 0.1) is 5.71 Å². The normalized spacial score (nSPS) is 11.6. The summed E-state index contributed by atoms with van der Waals surface area (Å²) >= 11 is 0. The minimum absolute atomic E-state index is 0.186. The van der Waals surface area contributed by atoms with Crippen molar-refractivity contribution in [3.63, 3.8) is 0 Å². The Kier molecular flexibility index (Phi) is 4.54. The maximum atomic E-state index is 10.4. The Hall–Kier alpha value is -0.860. The molecule has 10 heavy (non-hydrogen) atoms. The van der Waals surface area contributed by atoms with Gasteiger partial charge in [-0.1, -0.05) is 5.16 Å². The van der Waals surface area contributed by atoms with E-state index in [-0.39, 0.29) is 5.78 Å². The molecule has 0 rings (SSSR count). The molecule has 0 unspecified atom stereocenters. The van der Waals surface area contributed by atoms with Gasteiger partial charge in [0, 0.05) is 6.42 Å². The van der Waals surface area contributed by atoms with E-state index in [4.69, 9.17) is 5.21 Å². The summed E-state index contributed by atoms with van der Waals surface area (Å²) in [6, 6.07) is 0. The molecule has 1 N–H and O–H groups in total. The summed E-state index contributed by atoms with van der Waals surface area (Å²) < 4.78 is 0. The van der Waals surface area contributed by atoms with Crippen LogP contribution in [-0.2, 0) is 4.79 Å². The lowest BCUT2D eigenvalue weighted by Crippen LogP contribution is -1.94. The first-order chi connectivity index (χ1) is 4.66. The second-order valence-corrected chi connectivity index (χ2v) is 2.39. The van der Waals surface area contributed by atoms with Gasteiger partial charge in [-0.3, -0.25) is 0 Å². The average Bonchev–Trinajstić information content (AvgIpc) is 1.87. The number of carbonyl (C=O) groups is 1. The zero-order valence-electron chi connectivity index (χ0n) is 6.42. The summed E-state index contributed by atoms with van der Waals surface area (Å²) in [4.78, 5) is 10.4. The molecule has 0 aliphatic heterocycles. The summed E-state index contributed by atoms with van der Waals surface area (Å²) in [5.41, 5.74) is 0.682. The van der Waals surface area contributed by atoms with Gasteiger partial charge in [0.1, 0.15) is 5.78 Å². The molecule has 0 aromatic rings. The quantitative estimate of drug-likeness (QED) is 0.369. The number of rotatable bonds is 4. The predicted molar refractivity (Wildman–Crippen MR) is 39.4 cm³/mol. The van der Waals surface area contributed by atoms with Gasteiger partial charge >= 0.3 is 0 Å². The van der Waals surface area contributed by atoms with Crippen molar-refractivity contribution >= 4 is 11.5 Å². The zero-order chi connectivity index (χ0) is 7.98. The Morgan fingerprint density at radius 1 is 1.40 bits per heavy atom. The second kappa shape index (κ2) is 4.97. The lowest BCUT2D eigenvalue weighted by molar-refractivity contribution is -0.117. The SMILES string of the molecule is CC(=O)CCCC(C)=NO. The van der Waals surface area contributed by atoms with Crippen molar-refractivity contribution < 1.29 is 10.0 Å². The van der Waals surface area contributed by atoms with Gasteiger partial charge in [-0.05, 0) is 26.7 Å². The van der Waals surface area contributed by atoms with Crippen molar-refractivity contribution in [2.75, 3.05) is 0 Å². The van der Waals surface area contributed by atoms with E-state index >= 15 is 0 Å². The first-order valence-electron chi connectivity index (χ1n) is 3.33. The third kappa shape index (κ3) is 5.28. The molecule has 0 bridgehead atoms. The van der Waals surface area contributed by atoms with Gasteiger partial charge in [0.15, 0.2) is 0 Å². The molecule has 0 radical (unpaired) electrons. The third-order valence-electron chi connectivity index (χ3n) is 1.24. The van der Waals surface area contributed by atoms with E-state index < -0.39 is 0 Å². The summed E-state index contributed by atoms with van der Waals surface area (Å²) in [6.45, 7) is 3.30. The van der Waals surface area contributed by atoms with Crippen LogP contribution < -0.4 is 0 Å². The van der Waals surface area contributed by atoms with Crippen LogP contribution in [0.3, 0.4) is 0 Å². The number of hydrogen-bond acceptors (Lipinski definition) is 3. The molecule has 0 saturated heterocycles. The maximum absolute atomic E-state index is 10.4. The van der Waals surface area contributed by atoms with Crippen molar-refractivity contribution in [3.8, 4) is 0 Å². The van der Waals surface area contributed by atoms with Crippen LogP contribution in [0.2, 0.25) is 0 Å². The van der Waals surface area contributed by atoms with Crippen molar-refractivity contribution in [1.82, 2.24) is 0 Å². The van der Waals surface area contributed by atoms with Crippen LogP contribution in [0.5, 0.6) is 0 Å². The number of ketones is 1. The molecular weight excluding hydrogens is 130 g/mol. The fourth-order valence-electron chi connectivity index (χ4n) is 0.643. The summed E-state index contributed by atoms with van der Waals surface area (Å²) in [5, 5.41) is 11.2. The van der Waals surface area contributed by atoms with Gasteiger partial charge in [0.25, 0.3) is 0 Å². The van der Waals surface area contributed by atoms with Gasteiger partial charge in [0.2, 0.25) is 0 Å². The predicted octanol–water partition coefficient (Wildman–Crippen LogP) is 1.60.